The summed E-state index contributed by atoms with van der Waals surface area (Å²) in [5.41, 5.74) is 0.392. The summed E-state index contributed by atoms with van der Waals surface area (Å²) in [5, 5.41) is 3.70. The molecule has 22 heavy (non-hydrogen) atoms. The van der Waals surface area contributed by atoms with Crippen molar-refractivity contribution >= 4 is 5.91 Å². The zero-order valence-corrected chi connectivity index (χ0v) is 13.3. The van der Waals surface area contributed by atoms with Gasteiger partial charge in [-0.25, -0.2) is 0 Å². The third-order valence-electron chi connectivity index (χ3n) is 4.82. The molecule has 1 aromatic heterocycles. The van der Waals surface area contributed by atoms with Gasteiger partial charge >= 0.3 is 0 Å². The topological polar surface area (TPSA) is 64.8 Å². The maximum Gasteiger partial charge on any atom is 0.259 e. The lowest BCUT2D eigenvalue weighted by molar-refractivity contribution is -0.0450. The number of likely N-dealkylation sites (tertiary alicyclic amines) is 1. The van der Waals surface area contributed by atoms with E-state index in [4.69, 9.17) is 14.0 Å². The minimum Gasteiger partial charge on any atom is -0.385 e. The van der Waals surface area contributed by atoms with Crippen molar-refractivity contribution < 1.29 is 18.8 Å². The van der Waals surface area contributed by atoms with Gasteiger partial charge in [0, 0.05) is 26.8 Å². The van der Waals surface area contributed by atoms with Crippen molar-refractivity contribution in [3.05, 3.63) is 17.5 Å². The smallest absolute Gasteiger partial charge is 0.259 e. The lowest BCUT2D eigenvalue weighted by Gasteiger charge is -2.39. The Hall–Kier alpha value is -1.40. The molecule has 0 unspecified atom stereocenters. The fourth-order valence-corrected chi connectivity index (χ4v) is 3.64. The molecule has 6 heteroatoms. The van der Waals surface area contributed by atoms with Crippen molar-refractivity contribution in [2.75, 3.05) is 33.4 Å². The number of piperidine rings is 1. The Morgan fingerprint density at radius 1 is 1.59 bits per heavy atom. The van der Waals surface area contributed by atoms with Crippen LogP contribution in [-0.4, -0.2) is 55.0 Å². The van der Waals surface area contributed by atoms with Crippen LogP contribution in [0.15, 0.2) is 10.7 Å². The second kappa shape index (κ2) is 6.38. The van der Waals surface area contributed by atoms with Crippen LogP contribution in [0.5, 0.6) is 0 Å². The third-order valence-corrected chi connectivity index (χ3v) is 4.82. The molecule has 0 aliphatic carbocycles. The number of ether oxygens (including phenoxy) is 2. The molecular weight excluding hydrogens is 284 g/mol. The zero-order valence-electron chi connectivity index (χ0n) is 13.3. The van der Waals surface area contributed by atoms with E-state index in [2.05, 4.69) is 5.16 Å². The molecule has 2 fully saturated rings. The van der Waals surface area contributed by atoms with Crippen LogP contribution in [0.25, 0.3) is 0 Å². The van der Waals surface area contributed by atoms with Crippen LogP contribution < -0.4 is 0 Å². The minimum atomic E-state index is -0.169. The molecule has 6 nitrogen and oxygen atoms in total. The summed E-state index contributed by atoms with van der Waals surface area (Å²) >= 11 is 0. The number of hydrogen-bond acceptors (Lipinski definition) is 5. The van der Waals surface area contributed by atoms with E-state index in [1.165, 1.54) is 6.20 Å². The highest BCUT2D eigenvalue weighted by atomic mass is 16.5. The molecule has 2 atom stereocenters. The highest BCUT2D eigenvalue weighted by Crippen LogP contribution is 2.39. The van der Waals surface area contributed by atoms with Crippen molar-refractivity contribution in [1.29, 1.82) is 0 Å². The number of aromatic nitrogens is 1. The Kier molecular flexibility index (Phi) is 4.49. The first-order chi connectivity index (χ1) is 10.6. The highest BCUT2D eigenvalue weighted by molar-refractivity contribution is 5.94. The lowest BCUT2D eigenvalue weighted by Crippen LogP contribution is -2.50. The fraction of sp³-hybridized carbons (Fsp3) is 0.750. The summed E-state index contributed by atoms with van der Waals surface area (Å²) in [6.07, 6.45) is 5.56. The summed E-state index contributed by atoms with van der Waals surface area (Å²) in [6.45, 7) is 4.76. The number of carbonyl (C=O) groups excluding carboxylic acids is 1. The molecule has 0 aromatic carbocycles. The van der Waals surface area contributed by atoms with Gasteiger partial charge in [0.05, 0.1) is 18.4 Å². The first-order valence-electron chi connectivity index (χ1n) is 7.97. The molecular formula is C16H24N2O4. The van der Waals surface area contributed by atoms with E-state index in [1.54, 1.807) is 14.0 Å². The van der Waals surface area contributed by atoms with Crippen LogP contribution in [0.4, 0.5) is 0 Å². The van der Waals surface area contributed by atoms with Gasteiger partial charge in [-0.15, -0.1) is 0 Å². The van der Waals surface area contributed by atoms with E-state index in [0.717, 1.165) is 45.4 Å². The fourth-order valence-electron chi connectivity index (χ4n) is 3.64. The molecule has 1 spiro atoms. The summed E-state index contributed by atoms with van der Waals surface area (Å²) in [4.78, 5) is 14.5. The van der Waals surface area contributed by atoms with Crippen molar-refractivity contribution in [2.45, 2.75) is 38.2 Å². The lowest BCUT2D eigenvalue weighted by atomic mass is 9.85. The normalized spacial score (nSPS) is 28.5. The Balaban J connectivity index is 1.65. The maximum atomic E-state index is 12.6. The Morgan fingerprint density at radius 2 is 2.45 bits per heavy atom. The van der Waals surface area contributed by atoms with E-state index in [0.29, 0.717) is 23.8 Å². The van der Waals surface area contributed by atoms with Gasteiger partial charge in [-0.05, 0) is 38.5 Å². The van der Waals surface area contributed by atoms with Gasteiger partial charge in [-0.3, -0.25) is 4.79 Å². The first kappa shape index (κ1) is 15.5. The van der Waals surface area contributed by atoms with Crippen molar-refractivity contribution in [2.24, 2.45) is 5.92 Å². The van der Waals surface area contributed by atoms with Gasteiger partial charge in [0.25, 0.3) is 5.91 Å². The molecule has 0 radical (unpaired) electrons. The van der Waals surface area contributed by atoms with Crippen LogP contribution in [0.3, 0.4) is 0 Å². The second-order valence-electron chi connectivity index (χ2n) is 6.47. The van der Waals surface area contributed by atoms with Gasteiger partial charge in [0.1, 0.15) is 11.3 Å². The quantitative estimate of drug-likeness (QED) is 0.851. The Morgan fingerprint density at radius 3 is 3.18 bits per heavy atom. The predicted octanol–water partition coefficient (Wildman–Crippen LogP) is 2.03. The molecule has 122 valence electrons. The molecule has 1 aromatic rings. The average molecular weight is 308 g/mol. The molecule has 0 N–H and O–H groups in total. The number of rotatable bonds is 4. The second-order valence-corrected chi connectivity index (χ2v) is 6.47. The Bertz CT molecular complexity index is 530. The number of amides is 1. The largest absolute Gasteiger partial charge is 0.385 e. The first-order valence-corrected chi connectivity index (χ1v) is 7.97. The summed E-state index contributed by atoms with van der Waals surface area (Å²) in [7, 11) is 1.73. The number of hydrogen-bond donors (Lipinski definition) is 0. The standard InChI is InChI=1S/C16H24N2O4/c1-12-14(9-17-22-12)15(19)18-6-3-5-16(11-18)8-13(10-21-16)4-7-20-2/h9,13H,3-8,10-11H2,1-2H3/t13-,16+/m0/s1. The van der Waals surface area contributed by atoms with Crippen molar-refractivity contribution in [1.82, 2.24) is 10.1 Å². The van der Waals surface area contributed by atoms with E-state index in [9.17, 15) is 4.79 Å². The summed E-state index contributed by atoms with van der Waals surface area (Å²) < 4.78 is 16.3. The van der Waals surface area contributed by atoms with Crippen LogP contribution in [0.1, 0.15) is 41.8 Å². The predicted molar refractivity (Wildman–Crippen MR) is 79.7 cm³/mol. The van der Waals surface area contributed by atoms with Crippen LogP contribution in [-0.2, 0) is 9.47 Å². The molecule has 2 aliphatic heterocycles. The number of aryl methyl sites for hydroxylation is 1. The summed E-state index contributed by atoms with van der Waals surface area (Å²) in [5.74, 6) is 1.11. The van der Waals surface area contributed by atoms with Gasteiger partial charge in [0.15, 0.2) is 0 Å². The third kappa shape index (κ3) is 3.03. The number of methoxy groups -OCH3 is 1. The molecule has 2 aliphatic rings. The van der Waals surface area contributed by atoms with Gasteiger partial charge in [-0.2, -0.15) is 0 Å². The molecule has 1 amide bonds. The van der Waals surface area contributed by atoms with Gasteiger partial charge < -0.3 is 18.9 Å². The number of nitrogens with zero attached hydrogens (tertiary/aromatic N) is 2. The Labute approximate surface area is 130 Å². The summed E-state index contributed by atoms with van der Waals surface area (Å²) in [6, 6.07) is 0. The van der Waals surface area contributed by atoms with E-state index in [1.807, 2.05) is 4.90 Å². The van der Waals surface area contributed by atoms with Crippen molar-refractivity contribution in [3.8, 4) is 0 Å². The molecule has 0 bridgehead atoms. The van der Waals surface area contributed by atoms with Crippen molar-refractivity contribution in [3.63, 3.8) is 0 Å². The zero-order chi connectivity index (χ0) is 15.6. The molecule has 3 heterocycles. The highest BCUT2D eigenvalue weighted by Gasteiger charge is 2.44. The maximum absolute atomic E-state index is 12.6. The number of carbonyl (C=O) groups is 1. The molecule has 2 saturated heterocycles. The van der Waals surface area contributed by atoms with Crippen LogP contribution >= 0.6 is 0 Å². The monoisotopic (exact) mass is 308 g/mol. The minimum absolute atomic E-state index is 0.00164. The molecule has 0 saturated carbocycles. The van der Waals surface area contributed by atoms with Crippen LogP contribution in [0, 0.1) is 12.8 Å². The van der Waals surface area contributed by atoms with Crippen LogP contribution in [0.2, 0.25) is 0 Å². The SMILES string of the molecule is COCC[C@@H]1CO[C@]2(CCCN(C(=O)c3cnoc3C)C2)C1. The van der Waals surface area contributed by atoms with E-state index < -0.39 is 0 Å². The average Bonchev–Trinajstić information content (AvgIpc) is 3.11. The van der Waals surface area contributed by atoms with E-state index >= 15 is 0 Å². The van der Waals surface area contributed by atoms with Gasteiger partial charge in [0.2, 0.25) is 0 Å². The molecule has 3 rings (SSSR count). The van der Waals surface area contributed by atoms with E-state index in [-0.39, 0.29) is 11.5 Å². The van der Waals surface area contributed by atoms with Gasteiger partial charge in [-0.1, -0.05) is 5.16 Å².